The molecular formula is C17H17F2N3. The summed E-state index contributed by atoms with van der Waals surface area (Å²) in [5.41, 5.74) is 6.24. The molecule has 1 aliphatic rings. The Morgan fingerprint density at radius 3 is 2.27 bits per heavy atom. The highest BCUT2D eigenvalue weighted by Gasteiger charge is 2.47. The molecule has 114 valence electrons. The van der Waals surface area contributed by atoms with E-state index in [1.54, 1.807) is 0 Å². The van der Waals surface area contributed by atoms with E-state index in [0.717, 1.165) is 5.69 Å². The van der Waals surface area contributed by atoms with E-state index in [9.17, 15) is 8.78 Å². The Balaban J connectivity index is 1.74. The van der Waals surface area contributed by atoms with Crippen molar-refractivity contribution in [2.24, 2.45) is 10.7 Å². The fraction of sp³-hybridized carbons (Fsp3) is 0.235. The van der Waals surface area contributed by atoms with E-state index >= 15 is 0 Å². The van der Waals surface area contributed by atoms with E-state index in [4.69, 9.17) is 5.73 Å². The predicted molar refractivity (Wildman–Crippen MR) is 83.8 cm³/mol. The zero-order valence-corrected chi connectivity index (χ0v) is 12.0. The molecule has 0 radical (unpaired) electrons. The highest BCUT2D eigenvalue weighted by atomic mass is 19.1. The van der Waals surface area contributed by atoms with Crippen molar-refractivity contribution in [1.82, 2.24) is 0 Å². The van der Waals surface area contributed by atoms with Gasteiger partial charge in [-0.1, -0.05) is 24.3 Å². The van der Waals surface area contributed by atoms with Crippen molar-refractivity contribution in [3.63, 3.8) is 0 Å². The molecule has 0 unspecified atom stereocenters. The van der Waals surface area contributed by atoms with E-state index < -0.39 is 17.0 Å². The molecule has 2 aromatic carbocycles. The van der Waals surface area contributed by atoms with Crippen molar-refractivity contribution in [2.75, 3.05) is 11.9 Å². The van der Waals surface area contributed by atoms with Crippen LogP contribution in [0.5, 0.6) is 0 Å². The SMILES string of the molecule is NC(=NCC1(c2c(F)cccc2F)CC1)Nc1ccccc1. The van der Waals surface area contributed by atoms with Crippen molar-refractivity contribution in [2.45, 2.75) is 18.3 Å². The Morgan fingerprint density at radius 1 is 1.05 bits per heavy atom. The van der Waals surface area contributed by atoms with Gasteiger partial charge in [0.15, 0.2) is 5.96 Å². The minimum atomic E-state index is -0.557. The first kappa shape index (κ1) is 14.5. The molecule has 1 fully saturated rings. The van der Waals surface area contributed by atoms with Gasteiger partial charge in [0, 0.05) is 16.7 Å². The average molecular weight is 301 g/mol. The minimum Gasteiger partial charge on any atom is -0.370 e. The van der Waals surface area contributed by atoms with Crippen LogP contribution in [0.25, 0.3) is 0 Å². The van der Waals surface area contributed by atoms with Crippen LogP contribution in [0.15, 0.2) is 53.5 Å². The molecule has 0 spiro atoms. The number of benzene rings is 2. The zero-order valence-electron chi connectivity index (χ0n) is 12.0. The molecule has 0 atom stereocenters. The van der Waals surface area contributed by atoms with Gasteiger partial charge in [0.1, 0.15) is 11.6 Å². The second-order valence-electron chi connectivity index (χ2n) is 5.57. The Labute approximate surface area is 127 Å². The van der Waals surface area contributed by atoms with Gasteiger partial charge < -0.3 is 11.1 Å². The molecule has 0 aliphatic heterocycles. The Kier molecular flexibility index (Phi) is 3.79. The highest BCUT2D eigenvalue weighted by Crippen LogP contribution is 2.50. The number of rotatable bonds is 4. The molecule has 0 heterocycles. The number of aliphatic imine (C=N–C) groups is 1. The second-order valence-corrected chi connectivity index (χ2v) is 5.57. The van der Waals surface area contributed by atoms with Gasteiger partial charge in [-0.2, -0.15) is 0 Å². The average Bonchev–Trinajstić information content (AvgIpc) is 3.27. The summed E-state index contributed by atoms with van der Waals surface area (Å²) >= 11 is 0. The fourth-order valence-corrected chi connectivity index (χ4v) is 2.59. The van der Waals surface area contributed by atoms with Crippen LogP contribution in [0.4, 0.5) is 14.5 Å². The van der Waals surface area contributed by atoms with E-state index in [-0.39, 0.29) is 18.1 Å². The van der Waals surface area contributed by atoms with E-state index in [1.165, 1.54) is 18.2 Å². The molecule has 0 bridgehead atoms. The summed E-state index contributed by atoms with van der Waals surface area (Å²) in [6.45, 7) is 0.274. The smallest absolute Gasteiger partial charge is 0.193 e. The summed E-state index contributed by atoms with van der Waals surface area (Å²) in [6.07, 6.45) is 1.43. The van der Waals surface area contributed by atoms with Crippen LogP contribution < -0.4 is 11.1 Å². The maximum Gasteiger partial charge on any atom is 0.193 e. The van der Waals surface area contributed by atoms with Crippen LogP contribution in [0.2, 0.25) is 0 Å². The standard InChI is InChI=1S/C17H17F2N3/c18-13-7-4-8-14(19)15(13)17(9-10-17)11-21-16(20)22-12-5-2-1-3-6-12/h1-8H,9-11H2,(H3,20,21,22). The minimum absolute atomic E-state index is 0.131. The third-order valence-corrected chi connectivity index (χ3v) is 3.94. The summed E-state index contributed by atoms with van der Waals surface area (Å²) in [5.74, 6) is -0.779. The van der Waals surface area contributed by atoms with Crippen LogP contribution in [-0.2, 0) is 5.41 Å². The Bertz CT molecular complexity index is 674. The fourth-order valence-electron chi connectivity index (χ4n) is 2.59. The Morgan fingerprint density at radius 2 is 1.68 bits per heavy atom. The second kappa shape index (κ2) is 5.75. The van der Waals surface area contributed by atoms with Crippen LogP contribution >= 0.6 is 0 Å². The van der Waals surface area contributed by atoms with Crippen molar-refractivity contribution < 1.29 is 8.78 Å². The lowest BCUT2D eigenvalue weighted by molar-refractivity contribution is 0.517. The maximum atomic E-state index is 13.9. The predicted octanol–water partition coefficient (Wildman–Crippen LogP) is 3.42. The quantitative estimate of drug-likeness (QED) is 0.671. The topological polar surface area (TPSA) is 50.4 Å². The number of halogens is 2. The molecule has 1 aliphatic carbocycles. The molecule has 3 rings (SSSR count). The van der Waals surface area contributed by atoms with Crippen molar-refractivity contribution in [3.8, 4) is 0 Å². The number of nitrogens with two attached hydrogens (primary N) is 1. The highest BCUT2D eigenvalue weighted by molar-refractivity contribution is 5.92. The molecule has 0 aromatic heterocycles. The van der Waals surface area contributed by atoms with Crippen LogP contribution in [0.1, 0.15) is 18.4 Å². The van der Waals surface area contributed by atoms with Gasteiger partial charge in [-0.05, 0) is 37.1 Å². The first-order valence-electron chi connectivity index (χ1n) is 7.17. The third-order valence-electron chi connectivity index (χ3n) is 3.94. The molecule has 22 heavy (non-hydrogen) atoms. The summed E-state index contributed by atoms with van der Waals surface area (Å²) in [7, 11) is 0. The van der Waals surface area contributed by atoms with Crippen molar-refractivity contribution in [3.05, 3.63) is 65.7 Å². The van der Waals surface area contributed by atoms with Gasteiger partial charge in [0.05, 0.1) is 6.54 Å². The number of nitrogens with zero attached hydrogens (tertiary/aromatic N) is 1. The molecule has 0 amide bonds. The molecular weight excluding hydrogens is 284 g/mol. The summed E-state index contributed by atoms with van der Waals surface area (Å²) in [5, 5.41) is 2.96. The molecule has 3 nitrogen and oxygen atoms in total. The molecule has 5 heteroatoms. The van der Waals surface area contributed by atoms with E-state index in [0.29, 0.717) is 12.8 Å². The monoisotopic (exact) mass is 301 g/mol. The van der Waals surface area contributed by atoms with Crippen LogP contribution in [-0.4, -0.2) is 12.5 Å². The maximum absolute atomic E-state index is 13.9. The third kappa shape index (κ3) is 2.93. The number of hydrogen-bond donors (Lipinski definition) is 2. The zero-order chi connectivity index (χ0) is 15.6. The van der Waals surface area contributed by atoms with Crippen LogP contribution in [0, 0.1) is 11.6 Å². The summed E-state index contributed by atoms with van der Waals surface area (Å²) in [4.78, 5) is 4.26. The van der Waals surface area contributed by atoms with Crippen molar-refractivity contribution >= 4 is 11.6 Å². The number of anilines is 1. The number of guanidine groups is 1. The lowest BCUT2D eigenvalue weighted by Gasteiger charge is -2.15. The van der Waals surface area contributed by atoms with Gasteiger partial charge >= 0.3 is 0 Å². The normalized spacial score (nSPS) is 16.4. The first-order chi connectivity index (χ1) is 10.6. The molecule has 3 N–H and O–H groups in total. The first-order valence-corrected chi connectivity index (χ1v) is 7.17. The molecule has 0 saturated heterocycles. The molecule has 1 saturated carbocycles. The summed E-state index contributed by atoms with van der Waals surface area (Å²) < 4.78 is 27.8. The van der Waals surface area contributed by atoms with Gasteiger partial charge in [-0.25, -0.2) is 8.78 Å². The van der Waals surface area contributed by atoms with Gasteiger partial charge in [0.25, 0.3) is 0 Å². The number of hydrogen-bond acceptors (Lipinski definition) is 1. The number of para-hydroxylation sites is 1. The molecule has 2 aromatic rings. The van der Waals surface area contributed by atoms with Gasteiger partial charge in [-0.3, -0.25) is 4.99 Å². The van der Waals surface area contributed by atoms with E-state index in [2.05, 4.69) is 10.3 Å². The summed E-state index contributed by atoms with van der Waals surface area (Å²) in [6, 6.07) is 13.3. The Hall–Kier alpha value is -2.43. The lowest BCUT2D eigenvalue weighted by atomic mass is 9.95. The van der Waals surface area contributed by atoms with Gasteiger partial charge in [-0.15, -0.1) is 0 Å². The van der Waals surface area contributed by atoms with Crippen LogP contribution in [0.3, 0.4) is 0 Å². The largest absolute Gasteiger partial charge is 0.370 e. The lowest BCUT2D eigenvalue weighted by Crippen LogP contribution is -2.25. The van der Waals surface area contributed by atoms with E-state index in [1.807, 2.05) is 30.3 Å². The van der Waals surface area contributed by atoms with Gasteiger partial charge in [0.2, 0.25) is 0 Å². The number of nitrogens with one attached hydrogen (secondary N) is 1. The van der Waals surface area contributed by atoms with Crippen molar-refractivity contribution in [1.29, 1.82) is 0 Å².